The van der Waals surface area contributed by atoms with Crippen molar-refractivity contribution >= 4 is 39.1 Å². The highest BCUT2D eigenvalue weighted by atomic mass is 32.1. The van der Waals surface area contributed by atoms with E-state index in [0.29, 0.717) is 22.8 Å². The molecule has 0 aliphatic carbocycles. The number of ether oxygens (including phenoxy) is 1. The van der Waals surface area contributed by atoms with Gasteiger partial charge in [-0.05, 0) is 55.0 Å². The Hall–Kier alpha value is -4.58. The zero-order valence-corrected chi connectivity index (χ0v) is 20.4. The van der Waals surface area contributed by atoms with Gasteiger partial charge in [0.1, 0.15) is 39.3 Å². The molecule has 0 atom stereocenters. The van der Waals surface area contributed by atoms with E-state index in [2.05, 4.69) is 10.3 Å². The number of nitrogens with zero attached hydrogens (tertiary/aromatic N) is 1. The standard InChI is InChI=1S/C26H18F3N3O5S/c1-13-4-2-5-14(10-13)36-12-15-7-8-18(37-15)24(34)32-21-20-16(17-6-3-9-35-17)11-19(26(27,28)29)31-25(20)38-22(21)23(30)33/h2-11H,12H2,1H3,(H2,30,33)(H,32,34). The van der Waals surface area contributed by atoms with Gasteiger partial charge in [0.25, 0.3) is 11.8 Å². The minimum atomic E-state index is -4.76. The Bertz CT molecular complexity index is 1650. The lowest BCUT2D eigenvalue weighted by molar-refractivity contribution is -0.140. The predicted octanol–water partition coefficient (Wildman–Crippen LogP) is 6.41. The van der Waals surface area contributed by atoms with Crippen molar-refractivity contribution in [2.75, 3.05) is 5.32 Å². The molecule has 2 amide bonds. The molecule has 5 aromatic rings. The third-order valence-electron chi connectivity index (χ3n) is 5.46. The number of carbonyl (C=O) groups is 2. The first kappa shape index (κ1) is 25.1. The number of primary amides is 1. The third kappa shape index (κ3) is 4.98. The van der Waals surface area contributed by atoms with E-state index in [0.717, 1.165) is 11.6 Å². The van der Waals surface area contributed by atoms with Crippen LogP contribution in [0.15, 0.2) is 69.7 Å². The summed E-state index contributed by atoms with van der Waals surface area (Å²) >= 11 is 0.630. The number of fused-ring (bicyclic) bond motifs is 1. The number of aromatic nitrogens is 1. The van der Waals surface area contributed by atoms with Gasteiger partial charge in [-0.15, -0.1) is 11.3 Å². The number of halogens is 3. The van der Waals surface area contributed by atoms with E-state index in [-0.39, 0.29) is 44.5 Å². The van der Waals surface area contributed by atoms with E-state index in [1.807, 2.05) is 25.1 Å². The van der Waals surface area contributed by atoms with Gasteiger partial charge in [-0.25, -0.2) is 4.98 Å². The number of aryl methyl sites for hydroxylation is 1. The highest BCUT2D eigenvalue weighted by molar-refractivity contribution is 7.21. The molecule has 5 rings (SSSR count). The molecule has 0 bridgehead atoms. The first-order valence-corrected chi connectivity index (χ1v) is 11.9. The van der Waals surface area contributed by atoms with Gasteiger partial charge in [-0.1, -0.05) is 12.1 Å². The fourth-order valence-corrected chi connectivity index (χ4v) is 4.78. The van der Waals surface area contributed by atoms with E-state index in [1.165, 1.54) is 24.5 Å². The van der Waals surface area contributed by atoms with Crippen LogP contribution in [0.1, 0.15) is 37.2 Å². The van der Waals surface area contributed by atoms with E-state index >= 15 is 0 Å². The van der Waals surface area contributed by atoms with Gasteiger partial charge in [0.2, 0.25) is 0 Å². The summed E-state index contributed by atoms with van der Waals surface area (Å²) in [6.07, 6.45) is -3.47. The maximum atomic E-state index is 13.6. The normalized spacial score (nSPS) is 11.6. The summed E-state index contributed by atoms with van der Waals surface area (Å²) in [5.74, 6) is -0.745. The van der Waals surface area contributed by atoms with Crippen molar-refractivity contribution in [3.05, 3.63) is 88.5 Å². The largest absolute Gasteiger partial charge is 0.486 e. The third-order valence-corrected chi connectivity index (χ3v) is 6.56. The Balaban J connectivity index is 1.49. The highest BCUT2D eigenvalue weighted by Gasteiger charge is 2.35. The zero-order chi connectivity index (χ0) is 27.0. The second kappa shape index (κ2) is 9.71. The van der Waals surface area contributed by atoms with Crippen LogP contribution < -0.4 is 15.8 Å². The molecule has 8 nitrogen and oxygen atoms in total. The predicted molar refractivity (Wildman–Crippen MR) is 133 cm³/mol. The van der Waals surface area contributed by atoms with Gasteiger partial charge in [-0.3, -0.25) is 9.59 Å². The summed E-state index contributed by atoms with van der Waals surface area (Å²) in [7, 11) is 0. The van der Waals surface area contributed by atoms with Crippen LogP contribution in [0.3, 0.4) is 0 Å². The van der Waals surface area contributed by atoms with E-state index in [9.17, 15) is 22.8 Å². The van der Waals surface area contributed by atoms with Crippen molar-refractivity contribution in [1.82, 2.24) is 4.98 Å². The molecule has 3 N–H and O–H groups in total. The molecule has 0 radical (unpaired) electrons. The average molecular weight is 542 g/mol. The smallest absolute Gasteiger partial charge is 0.433 e. The van der Waals surface area contributed by atoms with Crippen molar-refractivity contribution in [3.63, 3.8) is 0 Å². The van der Waals surface area contributed by atoms with Crippen molar-refractivity contribution in [2.45, 2.75) is 19.7 Å². The van der Waals surface area contributed by atoms with Crippen LogP contribution in [-0.4, -0.2) is 16.8 Å². The molecule has 0 aliphatic heterocycles. The Morgan fingerprint density at radius 1 is 1.13 bits per heavy atom. The van der Waals surface area contributed by atoms with E-state index in [4.69, 9.17) is 19.3 Å². The second-order valence-electron chi connectivity index (χ2n) is 8.21. The van der Waals surface area contributed by atoms with E-state index < -0.39 is 23.7 Å². The first-order chi connectivity index (χ1) is 18.1. The van der Waals surface area contributed by atoms with Gasteiger partial charge in [-0.2, -0.15) is 13.2 Å². The lowest BCUT2D eigenvalue weighted by atomic mass is 10.1. The Labute approximate surface area is 216 Å². The fraction of sp³-hybridized carbons (Fsp3) is 0.115. The number of nitrogens with two attached hydrogens (primary N) is 1. The van der Waals surface area contributed by atoms with Gasteiger partial charge in [0.15, 0.2) is 5.76 Å². The molecule has 0 unspecified atom stereocenters. The van der Waals surface area contributed by atoms with E-state index in [1.54, 1.807) is 12.1 Å². The molecular formula is C26H18F3N3O5S. The number of pyridine rings is 1. The monoisotopic (exact) mass is 541 g/mol. The van der Waals surface area contributed by atoms with Gasteiger partial charge < -0.3 is 24.6 Å². The zero-order valence-electron chi connectivity index (χ0n) is 19.6. The number of thiophene rings is 1. The summed E-state index contributed by atoms with van der Waals surface area (Å²) in [5.41, 5.74) is 5.22. The molecule has 38 heavy (non-hydrogen) atoms. The highest BCUT2D eigenvalue weighted by Crippen LogP contribution is 2.43. The van der Waals surface area contributed by atoms with Crippen LogP contribution in [0.4, 0.5) is 18.9 Å². The number of anilines is 1. The van der Waals surface area contributed by atoms with Gasteiger partial charge in [0, 0.05) is 10.9 Å². The molecule has 0 spiro atoms. The molecule has 4 aromatic heterocycles. The maximum Gasteiger partial charge on any atom is 0.433 e. The van der Waals surface area contributed by atoms with Crippen molar-refractivity contribution in [1.29, 1.82) is 0 Å². The van der Waals surface area contributed by atoms with Gasteiger partial charge in [0.05, 0.1) is 12.0 Å². The van der Waals surface area contributed by atoms with Crippen LogP contribution in [-0.2, 0) is 12.8 Å². The van der Waals surface area contributed by atoms with Crippen LogP contribution in [0.25, 0.3) is 21.5 Å². The maximum absolute atomic E-state index is 13.6. The number of benzene rings is 1. The number of nitrogens with one attached hydrogen (secondary N) is 1. The Kier molecular flexibility index (Phi) is 6.41. The number of hydrogen-bond donors (Lipinski definition) is 2. The van der Waals surface area contributed by atoms with Crippen LogP contribution in [0.5, 0.6) is 5.75 Å². The minimum Gasteiger partial charge on any atom is -0.486 e. The van der Waals surface area contributed by atoms with Crippen molar-refractivity contribution in [3.8, 4) is 17.1 Å². The summed E-state index contributed by atoms with van der Waals surface area (Å²) in [5, 5.41) is 2.64. The lowest BCUT2D eigenvalue weighted by Crippen LogP contribution is -2.16. The molecule has 0 saturated heterocycles. The molecule has 4 heterocycles. The lowest BCUT2D eigenvalue weighted by Gasteiger charge is -2.10. The molecular weight excluding hydrogens is 523 g/mol. The molecule has 194 valence electrons. The summed E-state index contributed by atoms with van der Waals surface area (Å²) in [4.78, 5) is 28.6. The molecule has 12 heteroatoms. The first-order valence-electron chi connectivity index (χ1n) is 11.1. The van der Waals surface area contributed by atoms with Crippen molar-refractivity contribution < 1.29 is 36.3 Å². The van der Waals surface area contributed by atoms with Crippen LogP contribution >= 0.6 is 11.3 Å². The number of furan rings is 2. The number of carbonyl (C=O) groups excluding carboxylic acids is 2. The Morgan fingerprint density at radius 3 is 2.63 bits per heavy atom. The number of amides is 2. The summed E-state index contributed by atoms with van der Waals surface area (Å²) in [6, 6.07) is 14.1. The second-order valence-corrected chi connectivity index (χ2v) is 9.21. The van der Waals surface area contributed by atoms with Crippen molar-refractivity contribution in [2.24, 2.45) is 5.73 Å². The summed E-state index contributed by atoms with van der Waals surface area (Å²) in [6.45, 7) is 1.98. The number of hydrogen-bond acceptors (Lipinski definition) is 7. The van der Waals surface area contributed by atoms with Crippen LogP contribution in [0, 0.1) is 6.92 Å². The number of rotatable bonds is 7. The fourth-order valence-electron chi connectivity index (χ4n) is 3.77. The molecule has 0 fully saturated rings. The molecule has 0 saturated carbocycles. The quantitative estimate of drug-likeness (QED) is 0.246. The van der Waals surface area contributed by atoms with Crippen LogP contribution in [0.2, 0.25) is 0 Å². The molecule has 0 aliphatic rings. The average Bonchev–Trinajstić information content (AvgIpc) is 3.62. The Morgan fingerprint density at radius 2 is 1.95 bits per heavy atom. The number of alkyl halides is 3. The topological polar surface area (TPSA) is 121 Å². The molecule has 1 aromatic carbocycles. The SMILES string of the molecule is Cc1cccc(OCc2ccc(C(=O)Nc3c(C(N)=O)sc4nc(C(F)(F)F)cc(-c5ccco5)c34)o2)c1. The minimum absolute atomic E-state index is 0.0157. The summed E-state index contributed by atoms with van der Waals surface area (Å²) < 4.78 is 57.3. The van der Waals surface area contributed by atoms with Gasteiger partial charge >= 0.3 is 6.18 Å².